The fourth-order valence-electron chi connectivity index (χ4n) is 6.83. The van der Waals surface area contributed by atoms with Gasteiger partial charge in [0.2, 0.25) is 0 Å². The number of nitrogens with zero attached hydrogens (tertiary/aromatic N) is 1. The summed E-state index contributed by atoms with van der Waals surface area (Å²) in [5, 5.41) is 7.61. The summed E-state index contributed by atoms with van der Waals surface area (Å²) in [6, 6.07) is 63.9. The molecule has 1 nitrogen and oxygen atoms in total. The molecule has 0 aliphatic rings. The van der Waals surface area contributed by atoms with E-state index in [2.05, 4.69) is 181 Å². The first-order chi connectivity index (χ1) is 22.8. The van der Waals surface area contributed by atoms with Crippen LogP contribution in [0.4, 0.5) is 17.1 Å². The van der Waals surface area contributed by atoms with Gasteiger partial charge in [-0.25, -0.2) is 0 Å². The molecule has 0 unspecified atom stereocenters. The quantitative estimate of drug-likeness (QED) is 0.177. The summed E-state index contributed by atoms with van der Waals surface area (Å²) in [6.07, 6.45) is 0. The van der Waals surface area contributed by atoms with Crippen molar-refractivity contribution in [2.45, 2.75) is 0 Å². The number of anilines is 3. The second-order valence-electron chi connectivity index (χ2n) is 11.7. The van der Waals surface area contributed by atoms with Crippen LogP contribution in [-0.2, 0) is 0 Å². The first-order valence-corrected chi connectivity index (χ1v) is 16.5. The van der Waals surface area contributed by atoms with Gasteiger partial charge in [-0.3, -0.25) is 0 Å². The number of hydrogen-bond donors (Lipinski definition) is 0. The van der Waals surface area contributed by atoms with Crippen LogP contribution in [0.1, 0.15) is 0 Å². The zero-order chi connectivity index (χ0) is 30.5. The molecule has 0 aliphatic carbocycles. The molecule has 0 bridgehead atoms. The Morgan fingerprint density at radius 3 is 1.80 bits per heavy atom. The molecule has 0 spiro atoms. The Morgan fingerprint density at radius 1 is 0.391 bits per heavy atom. The largest absolute Gasteiger partial charge is 0.310 e. The van der Waals surface area contributed by atoms with Crippen LogP contribution in [0.25, 0.3) is 64.0 Å². The van der Waals surface area contributed by atoms with Crippen molar-refractivity contribution in [2.24, 2.45) is 0 Å². The lowest BCUT2D eigenvalue weighted by Crippen LogP contribution is -2.10. The predicted molar refractivity (Wildman–Crippen MR) is 200 cm³/mol. The maximum atomic E-state index is 2.44. The smallest absolute Gasteiger partial charge is 0.0555 e. The summed E-state index contributed by atoms with van der Waals surface area (Å²) in [7, 11) is 0. The summed E-state index contributed by atoms with van der Waals surface area (Å²) < 4.78 is 2.60. The Bertz CT molecular complexity index is 2510. The van der Waals surface area contributed by atoms with Crippen molar-refractivity contribution in [2.75, 3.05) is 4.90 Å². The Labute approximate surface area is 272 Å². The third-order valence-corrected chi connectivity index (χ3v) is 10.3. The molecule has 1 heterocycles. The van der Waals surface area contributed by atoms with Crippen molar-refractivity contribution >= 4 is 70.1 Å². The van der Waals surface area contributed by atoms with Gasteiger partial charge in [-0.1, -0.05) is 140 Å². The SMILES string of the molecule is c1ccc(-c2ccc(-c3ccc(N(c4ccccc4)c4ccc5ccc6ccccc6c5c4)c4c3sc3ccccc34)cc2)cc1. The Balaban J connectivity index is 1.28. The van der Waals surface area contributed by atoms with Gasteiger partial charge in [-0.15, -0.1) is 11.3 Å². The summed E-state index contributed by atoms with van der Waals surface area (Å²) >= 11 is 1.88. The topological polar surface area (TPSA) is 3.24 Å². The van der Waals surface area contributed by atoms with Crippen molar-refractivity contribution in [3.8, 4) is 22.3 Å². The minimum absolute atomic E-state index is 1.14. The number of para-hydroxylation sites is 1. The Kier molecular flexibility index (Phi) is 6.40. The van der Waals surface area contributed by atoms with Crippen LogP contribution in [0, 0.1) is 0 Å². The van der Waals surface area contributed by atoms with Crippen LogP contribution in [0.3, 0.4) is 0 Å². The summed E-state index contributed by atoms with van der Waals surface area (Å²) in [5.74, 6) is 0. The first-order valence-electron chi connectivity index (χ1n) is 15.7. The molecular formula is C44H29NS. The van der Waals surface area contributed by atoms with E-state index in [1.54, 1.807) is 0 Å². The highest BCUT2D eigenvalue weighted by Crippen LogP contribution is 2.48. The van der Waals surface area contributed by atoms with Gasteiger partial charge in [-0.2, -0.15) is 0 Å². The average Bonchev–Trinajstić information content (AvgIpc) is 3.53. The standard InChI is InChI=1S/C44H29NS/c1-3-11-30(12-4-1)31-19-21-33(22-20-31)38-27-28-41(43-39-17-9-10-18-42(39)46-44(38)43)45(35-14-5-2-6-15-35)36-26-25-34-24-23-32-13-7-8-16-37(32)40(34)29-36/h1-29H. The van der Waals surface area contributed by atoms with Gasteiger partial charge in [0.1, 0.15) is 0 Å². The van der Waals surface area contributed by atoms with E-state index in [4.69, 9.17) is 0 Å². The molecule has 1 aromatic heterocycles. The normalized spacial score (nSPS) is 11.5. The molecule has 216 valence electrons. The van der Waals surface area contributed by atoms with E-state index < -0.39 is 0 Å². The molecule has 0 atom stereocenters. The minimum Gasteiger partial charge on any atom is -0.310 e. The molecule has 0 saturated carbocycles. The van der Waals surface area contributed by atoms with Crippen LogP contribution < -0.4 is 4.90 Å². The van der Waals surface area contributed by atoms with Gasteiger partial charge in [-0.05, 0) is 80.2 Å². The van der Waals surface area contributed by atoms with E-state index in [1.807, 2.05) is 11.3 Å². The van der Waals surface area contributed by atoms with Crippen LogP contribution in [0.2, 0.25) is 0 Å². The van der Waals surface area contributed by atoms with E-state index in [-0.39, 0.29) is 0 Å². The lowest BCUT2D eigenvalue weighted by atomic mass is 9.97. The number of fused-ring (bicyclic) bond motifs is 6. The molecule has 0 aliphatic heterocycles. The van der Waals surface area contributed by atoms with Crippen LogP contribution >= 0.6 is 11.3 Å². The summed E-state index contributed by atoms with van der Waals surface area (Å²) in [4.78, 5) is 2.44. The molecule has 9 rings (SSSR count). The fourth-order valence-corrected chi connectivity index (χ4v) is 8.09. The molecule has 0 radical (unpaired) electrons. The maximum Gasteiger partial charge on any atom is 0.0555 e. The van der Waals surface area contributed by atoms with E-state index in [0.29, 0.717) is 0 Å². The molecule has 9 aromatic rings. The predicted octanol–water partition coefficient (Wildman–Crippen LogP) is 13.2. The first kappa shape index (κ1) is 26.7. The lowest BCUT2D eigenvalue weighted by Gasteiger charge is -2.27. The second kappa shape index (κ2) is 11.0. The zero-order valence-corrected chi connectivity index (χ0v) is 25.9. The highest BCUT2D eigenvalue weighted by Gasteiger charge is 2.21. The molecule has 0 amide bonds. The second-order valence-corrected chi connectivity index (χ2v) is 12.8. The monoisotopic (exact) mass is 603 g/mol. The molecular weight excluding hydrogens is 575 g/mol. The highest BCUT2D eigenvalue weighted by molar-refractivity contribution is 7.26. The van der Waals surface area contributed by atoms with E-state index in [0.717, 1.165) is 11.4 Å². The van der Waals surface area contributed by atoms with Crippen molar-refractivity contribution < 1.29 is 0 Å². The third kappa shape index (κ3) is 4.46. The van der Waals surface area contributed by atoms with E-state index in [1.165, 1.54) is 69.7 Å². The van der Waals surface area contributed by atoms with Crippen LogP contribution in [0.5, 0.6) is 0 Å². The van der Waals surface area contributed by atoms with Gasteiger partial charge in [0.25, 0.3) is 0 Å². The third-order valence-electron chi connectivity index (χ3n) is 9.05. The fraction of sp³-hybridized carbons (Fsp3) is 0. The molecule has 8 aromatic carbocycles. The van der Waals surface area contributed by atoms with Gasteiger partial charge in [0, 0.05) is 31.5 Å². The van der Waals surface area contributed by atoms with Crippen molar-refractivity contribution in [1.82, 2.24) is 0 Å². The number of rotatable bonds is 5. The molecule has 0 fully saturated rings. The minimum atomic E-state index is 1.14. The Hall–Kier alpha value is -5.70. The van der Waals surface area contributed by atoms with E-state index >= 15 is 0 Å². The van der Waals surface area contributed by atoms with Crippen molar-refractivity contribution in [3.05, 3.63) is 176 Å². The molecule has 2 heteroatoms. The Morgan fingerprint density at radius 2 is 1.00 bits per heavy atom. The number of benzene rings is 8. The average molecular weight is 604 g/mol. The van der Waals surface area contributed by atoms with Gasteiger partial charge in [0.05, 0.1) is 5.69 Å². The van der Waals surface area contributed by atoms with Gasteiger partial charge >= 0.3 is 0 Å². The van der Waals surface area contributed by atoms with Crippen molar-refractivity contribution in [3.63, 3.8) is 0 Å². The summed E-state index contributed by atoms with van der Waals surface area (Å²) in [5.41, 5.74) is 8.42. The molecule has 0 N–H and O–H groups in total. The molecule has 46 heavy (non-hydrogen) atoms. The molecule has 0 saturated heterocycles. The lowest BCUT2D eigenvalue weighted by molar-refractivity contribution is 1.31. The number of hydrogen-bond acceptors (Lipinski definition) is 2. The van der Waals surface area contributed by atoms with Gasteiger partial charge in [0.15, 0.2) is 0 Å². The van der Waals surface area contributed by atoms with Crippen molar-refractivity contribution in [1.29, 1.82) is 0 Å². The van der Waals surface area contributed by atoms with E-state index in [9.17, 15) is 0 Å². The number of thiophene rings is 1. The van der Waals surface area contributed by atoms with Crippen LogP contribution in [0.15, 0.2) is 176 Å². The zero-order valence-electron chi connectivity index (χ0n) is 25.1. The highest BCUT2D eigenvalue weighted by atomic mass is 32.1. The van der Waals surface area contributed by atoms with Gasteiger partial charge < -0.3 is 4.90 Å². The maximum absolute atomic E-state index is 2.44. The summed E-state index contributed by atoms with van der Waals surface area (Å²) in [6.45, 7) is 0. The van der Waals surface area contributed by atoms with Crippen LogP contribution in [-0.4, -0.2) is 0 Å².